The van der Waals surface area contributed by atoms with Gasteiger partial charge in [-0.1, -0.05) is 78.9 Å². The summed E-state index contributed by atoms with van der Waals surface area (Å²) in [5.74, 6) is 0.0242. The van der Waals surface area contributed by atoms with Crippen molar-refractivity contribution in [2.45, 2.75) is 12.3 Å². The second kappa shape index (κ2) is 7.88. The molecule has 0 saturated carbocycles. The van der Waals surface area contributed by atoms with E-state index in [0.29, 0.717) is 6.42 Å². The van der Waals surface area contributed by atoms with Gasteiger partial charge in [0.25, 0.3) is 0 Å². The van der Waals surface area contributed by atoms with E-state index in [0.717, 1.165) is 38.6 Å². The van der Waals surface area contributed by atoms with Crippen molar-refractivity contribution in [1.82, 2.24) is 4.98 Å². The SMILES string of the molecule is O=C(CC(c1ccccc1)c1ccccc1)Nc1ccc2[nH]c3ccccc3c2c1. The molecule has 0 bridgehead atoms. The number of para-hydroxylation sites is 1. The summed E-state index contributed by atoms with van der Waals surface area (Å²) in [4.78, 5) is 16.4. The number of benzene rings is 4. The molecule has 0 saturated heterocycles. The predicted octanol–water partition coefficient (Wildman–Crippen LogP) is 6.48. The van der Waals surface area contributed by atoms with E-state index in [1.54, 1.807) is 0 Å². The maximum atomic E-state index is 13.0. The summed E-state index contributed by atoms with van der Waals surface area (Å²) in [5.41, 5.74) is 5.28. The zero-order valence-electron chi connectivity index (χ0n) is 16.5. The van der Waals surface area contributed by atoms with E-state index in [9.17, 15) is 4.79 Å². The Kier molecular flexibility index (Phi) is 4.78. The number of amides is 1. The lowest BCUT2D eigenvalue weighted by molar-refractivity contribution is -0.116. The van der Waals surface area contributed by atoms with Gasteiger partial charge in [-0.15, -0.1) is 0 Å². The molecule has 0 aliphatic rings. The largest absolute Gasteiger partial charge is 0.355 e. The van der Waals surface area contributed by atoms with Gasteiger partial charge in [-0.2, -0.15) is 0 Å². The zero-order chi connectivity index (χ0) is 20.3. The summed E-state index contributed by atoms with van der Waals surface area (Å²) in [6.07, 6.45) is 0.389. The molecule has 5 rings (SSSR count). The Morgan fingerprint density at radius 1 is 0.700 bits per heavy atom. The van der Waals surface area contributed by atoms with Crippen LogP contribution in [0.3, 0.4) is 0 Å². The van der Waals surface area contributed by atoms with Gasteiger partial charge in [0.05, 0.1) is 0 Å². The highest BCUT2D eigenvalue weighted by Crippen LogP contribution is 2.30. The van der Waals surface area contributed by atoms with Crippen molar-refractivity contribution in [3.05, 3.63) is 114 Å². The Hall–Kier alpha value is -3.85. The van der Waals surface area contributed by atoms with Crippen LogP contribution in [-0.2, 0) is 4.79 Å². The molecule has 0 spiro atoms. The van der Waals surface area contributed by atoms with Gasteiger partial charge in [-0.3, -0.25) is 4.79 Å². The van der Waals surface area contributed by atoms with Gasteiger partial charge < -0.3 is 10.3 Å². The lowest BCUT2D eigenvalue weighted by Crippen LogP contribution is -2.16. The number of nitrogens with one attached hydrogen (secondary N) is 2. The van der Waals surface area contributed by atoms with Gasteiger partial charge in [0.2, 0.25) is 5.91 Å². The molecule has 30 heavy (non-hydrogen) atoms. The molecule has 3 heteroatoms. The first-order valence-corrected chi connectivity index (χ1v) is 10.2. The van der Waals surface area contributed by atoms with Crippen molar-refractivity contribution in [3.8, 4) is 0 Å². The van der Waals surface area contributed by atoms with Crippen molar-refractivity contribution >= 4 is 33.4 Å². The average molecular weight is 390 g/mol. The van der Waals surface area contributed by atoms with Crippen molar-refractivity contribution in [2.24, 2.45) is 0 Å². The fourth-order valence-corrected chi connectivity index (χ4v) is 4.12. The van der Waals surface area contributed by atoms with Crippen molar-refractivity contribution in [3.63, 3.8) is 0 Å². The molecule has 0 radical (unpaired) electrons. The van der Waals surface area contributed by atoms with E-state index in [-0.39, 0.29) is 11.8 Å². The number of fused-ring (bicyclic) bond motifs is 3. The van der Waals surface area contributed by atoms with Crippen LogP contribution in [0.15, 0.2) is 103 Å². The molecule has 0 fully saturated rings. The number of carbonyl (C=O) groups excluding carboxylic acids is 1. The monoisotopic (exact) mass is 390 g/mol. The lowest BCUT2D eigenvalue weighted by Gasteiger charge is -2.18. The van der Waals surface area contributed by atoms with Crippen LogP contribution in [0.5, 0.6) is 0 Å². The maximum absolute atomic E-state index is 13.0. The Bertz CT molecular complexity index is 1270. The van der Waals surface area contributed by atoms with Gasteiger partial charge in [0, 0.05) is 39.8 Å². The summed E-state index contributed by atoms with van der Waals surface area (Å²) in [5, 5.41) is 5.38. The number of hydrogen-bond donors (Lipinski definition) is 2. The maximum Gasteiger partial charge on any atom is 0.225 e. The lowest BCUT2D eigenvalue weighted by atomic mass is 9.88. The Balaban J connectivity index is 1.42. The van der Waals surface area contributed by atoms with Crippen LogP contribution in [0.1, 0.15) is 23.5 Å². The Morgan fingerprint density at radius 3 is 2.00 bits per heavy atom. The fraction of sp³-hybridized carbons (Fsp3) is 0.0741. The minimum atomic E-state index is 0.00639. The molecule has 3 nitrogen and oxygen atoms in total. The topological polar surface area (TPSA) is 44.9 Å². The molecule has 4 aromatic carbocycles. The smallest absolute Gasteiger partial charge is 0.225 e. The summed E-state index contributed by atoms with van der Waals surface area (Å²) < 4.78 is 0. The van der Waals surface area contributed by atoms with Crippen LogP contribution in [0.4, 0.5) is 5.69 Å². The van der Waals surface area contributed by atoms with E-state index >= 15 is 0 Å². The molecule has 1 aromatic heterocycles. The highest BCUT2D eigenvalue weighted by molar-refractivity contribution is 6.09. The van der Waals surface area contributed by atoms with E-state index < -0.39 is 0 Å². The normalized spacial score (nSPS) is 11.2. The Labute approximate surface area is 175 Å². The first-order chi connectivity index (χ1) is 14.8. The number of rotatable bonds is 5. The highest BCUT2D eigenvalue weighted by Gasteiger charge is 2.18. The van der Waals surface area contributed by atoms with E-state index in [2.05, 4.69) is 46.7 Å². The van der Waals surface area contributed by atoms with Gasteiger partial charge in [0.15, 0.2) is 0 Å². The van der Waals surface area contributed by atoms with E-state index in [4.69, 9.17) is 0 Å². The van der Waals surface area contributed by atoms with E-state index in [1.807, 2.05) is 66.7 Å². The molecule has 0 aliphatic heterocycles. The average Bonchev–Trinajstić information content (AvgIpc) is 3.17. The van der Waals surface area contributed by atoms with Gasteiger partial charge in [0.1, 0.15) is 0 Å². The van der Waals surface area contributed by atoms with Crippen molar-refractivity contribution in [2.75, 3.05) is 5.32 Å². The van der Waals surface area contributed by atoms with Crippen LogP contribution in [-0.4, -0.2) is 10.9 Å². The summed E-state index contributed by atoms with van der Waals surface area (Å²) in [6.45, 7) is 0. The molecule has 5 aromatic rings. The van der Waals surface area contributed by atoms with Crippen LogP contribution in [0.25, 0.3) is 21.8 Å². The molecule has 146 valence electrons. The van der Waals surface area contributed by atoms with E-state index in [1.165, 1.54) is 0 Å². The summed E-state index contributed by atoms with van der Waals surface area (Å²) in [6, 6.07) is 34.7. The summed E-state index contributed by atoms with van der Waals surface area (Å²) in [7, 11) is 0. The number of aromatic amines is 1. The number of hydrogen-bond acceptors (Lipinski definition) is 1. The molecular weight excluding hydrogens is 368 g/mol. The number of anilines is 1. The first-order valence-electron chi connectivity index (χ1n) is 10.2. The zero-order valence-corrected chi connectivity index (χ0v) is 16.5. The molecule has 0 unspecified atom stereocenters. The van der Waals surface area contributed by atoms with Crippen LogP contribution >= 0.6 is 0 Å². The standard InChI is InChI=1S/C27H22N2O/c30-27(18-23(19-9-3-1-4-10-19)20-11-5-2-6-12-20)28-21-15-16-26-24(17-21)22-13-7-8-14-25(22)29-26/h1-17,23,29H,18H2,(H,28,30). The molecular formula is C27H22N2O. The van der Waals surface area contributed by atoms with Gasteiger partial charge in [-0.05, 0) is 35.4 Å². The highest BCUT2D eigenvalue weighted by atomic mass is 16.1. The number of aromatic nitrogens is 1. The number of carbonyl (C=O) groups is 1. The predicted molar refractivity (Wildman–Crippen MR) is 124 cm³/mol. The third-order valence-corrected chi connectivity index (χ3v) is 5.58. The van der Waals surface area contributed by atoms with Crippen LogP contribution < -0.4 is 5.32 Å². The molecule has 2 N–H and O–H groups in total. The Morgan fingerprint density at radius 2 is 1.30 bits per heavy atom. The van der Waals surface area contributed by atoms with Crippen LogP contribution in [0.2, 0.25) is 0 Å². The quantitative estimate of drug-likeness (QED) is 0.354. The minimum Gasteiger partial charge on any atom is -0.355 e. The van der Waals surface area contributed by atoms with Gasteiger partial charge in [-0.25, -0.2) is 0 Å². The summed E-state index contributed by atoms with van der Waals surface area (Å²) >= 11 is 0. The second-order valence-electron chi connectivity index (χ2n) is 7.56. The van der Waals surface area contributed by atoms with Gasteiger partial charge >= 0.3 is 0 Å². The number of H-pyrrole nitrogens is 1. The first kappa shape index (κ1) is 18.2. The van der Waals surface area contributed by atoms with Crippen LogP contribution in [0, 0.1) is 0 Å². The second-order valence-corrected chi connectivity index (χ2v) is 7.56. The van der Waals surface area contributed by atoms with Crippen molar-refractivity contribution in [1.29, 1.82) is 0 Å². The molecule has 1 heterocycles. The van der Waals surface area contributed by atoms with Crippen molar-refractivity contribution < 1.29 is 4.79 Å². The third-order valence-electron chi connectivity index (χ3n) is 5.58. The third kappa shape index (κ3) is 3.58. The molecule has 0 aliphatic carbocycles. The molecule has 0 atom stereocenters. The fourth-order valence-electron chi connectivity index (χ4n) is 4.12. The minimum absolute atomic E-state index is 0.00639. The molecule has 1 amide bonds.